The molecule has 10 N–H and O–H groups in total. The molecule has 28 heavy (non-hydrogen) atoms. The highest BCUT2D eigenvalue weighted by Crippen LogP contribution is 2.13. The van der Waals surface area contributed by atoms with Crippen LogP contribution in [0.25, 0.3) is 0 Å². The Hall–Kier alpha value is -3.75. The smallest absolute Gasteiger partial charge is 0.450 e. The summed E-state index contributed by atoms with van der Waals surface area (Å²) in [6.45, 7) is 4.21. The Balaban J connectivity index is 0.000000439. The van der Waals surface area contributed by atoms with Gasteiger partial charge < -0.3 is 33.1 Å². The van der Waals surface area contributed by atoms with Crippen molar-refractivity contribution in [1.29, 1.82) is 0 Å². The maximum atomic E-state index is 8.56. The van der Waals surface area contributed by atoms with Gasteiger partial charge >= 0.3 is 6.16 Å². The van der Waals surface area contributed by atoms with Crippen molar-refractivity contribution in [2.24, 2.45) is 32.9 Å². The fraction of sp³-hybridized carbons (Fsp3) is 0.211. The first-order chi connectivity index (χ1) is 13.2. The number of hydrogen-bond donors (Lipinski definition) is 6. The van der Waals surface area contributed by atoms with Crippen molar-refractivity contribution in [2.75, 3.05) is 0 Å². The van der Waals surface area contributed by atoms with E-state index in [2.05, 4.69) is 23.8 Å². The van der Waals surface area contributed by atoms with Crippen molar-refractivity contribution in [2.45, 2.75) is 26.7 Å². The first-order valence-corrected chi connectivity index (χ1v) is 8.46. The number of nitrogens with zero attached hydrogens (tertiary/aromatic N) is 2. The maximum absolute atomic E-state index is 8.56. The van der Waals surface area contributed by atoms with Gasteiger partial charge in [-0.2, -0.15) is 0 Å². The van der Waals surface area contributed by atoms with E-state index in [1.807, 2.05) is 48.5 Å². The number of aryl methyl sites for hydroxylation is 2. The monoisotopic (exact) mass is 388 g/mol. The van der Waals surface area contributed by atoms with Crippen LogP contribution in [-0.2, 0) is 12.8 Å². The molecular weight excluding hydrogens is 360 g/mol. The topological polar surface area (TPSA) is 186 Å². The minimum atomic E-state index is -1.83. The van der Waals surface area contributed by atoms with E-state index in [4.69, 9.17) is 37.9 Å². The van der Waals surface area contributed by atoms with Crippen molar-refractivity contribution >= 4 is 29.4 Å². The molecule has 0 saturated heterocycles. The Bertz CT molecular complexity index is 698. The van der Waals surface area contributed by atoms with Gasteiger partial charge in [-0.25, -0.2) is 14.8 Å². The van der Waals surface area contributed by atoms with E-state index in [1.54, 1.807) is 0 Å². The SMILES string of the molecule is CCc1ccc(N=C(N)N)cc1.CCc1ccc(N=C(N)N)cc1.O=C(O)O. The van der Waals surface area contributed by atoms with E-state index in [0.29, 0.717) is 0 Å². The van der Waals surface area contributed by atoms with E-state index in [0.717, 1.165) is 24.2 Å². The van der Waals surface area contributed by atoms with Gasteiger partial charge in [0.1, 0.15) is 0 Å². The van der Waals surface area contributed by atoms with Gasteiger partial charge in [0.2, 0.25) is 0 Å². The van der Waals surface area contributed by atoms with Gasteiger partial charge in [-0.05, 0) is 48.2 Å². The molecule has 0 aromatic heterocycles. The molecule has 2 aromatic rings. The molecule has 2 aromatic carbocycles. The number of aliphatic imine (C=N–C) groups is 2. The molecule has 0 saturated carbocycles. The molecule has 0 heterocycles. The predicted octanol–water partition coefficient (Wildman–Crippen LogP) is 2.53. The number of guanidine groups is 2. The van der Waals surface area contributed by atoms with Crippen LogP contribution in [-0.4, -0.2) is 28.3 Å². The molecule has 0 radical (unpaired) electrons. The lowest BCUT2D eigenvalue weighted by atomic mass is 10.2. The molecule has 0 aliphatic carbocycles. The largest absolute Gasteiger partial charge is 0.503 e. The molecule has 2 rings (SSSR count). The summed E-state index contributed by atoms with van der Waals surface area (Å²) >= 11 is 0. The molecule has 0 aliphatic heterocycles. The van der Waals surface area contributed by atoms with E-state index < -0.39 is 6.16 Å². The summed E-state index contributed by atoms with van der Waals surface area (Å²) in [6, 6.07) is 15.7. The van der Waals surface area contributed by atoms with Gasteiger partial charge in [0.25, 0.3) is 0 Å². The molecule has 0 fully saturated rings. The van der Waals surface area contributed by atoms with Crippen LogP contribution in [0.4, 0.5) is 16.2 Å². The number of carbonyl (C=O) groups is 1. The fourth-order valence-electron chi connectivity index (χ4n) is 1.91. The standard InChI is InChI=1S/2C9H13N3.CH2O3/c2*1-2-7-3-5-8(6-4-7)12-9(10)11;2-1(3)4/h2*3-6H,2H2,1H3,(H4,10,11,12);(H2,2,3,4). The first kappa shape index (κ1) is 24.2. The third-order valence-electron chi connectivity index (χ3n) is 3.21. The minimum Gasteiger partial charge on any atom is -0.450 e. The number of nitrogens with two attached hydrogens (primary N) is 4. The minimum absolute atomic E-state index is 0.0965. The van der Waals surface area contributed by atoms with Gasteiger partial charge in [-0.15, -0.1) is 0 Å². The van der Waals surface area contributed by atoms with Gasteiger partial charge in [0, 0.05) is 0 Å². The highest BCUT2D eigenvalue weighted by molar-refractivity contribution is 5.79. The summed E-state index contributed by atoms with van der Waals surface area (Å²) in [4.78, 5) is 16.4. The van der Waals surface area contributed by atoms with Crippen molar-refractivity contribution in [1.82, 2.24) is 0 Å². The quantitative estimate of drug-likeness (QED) is 0.343. The molecule has 9 heteroatoms. The number of rotatable bonds is 4. The van der Waals surface area contributed by atoms with E-state index >= 15 is 0 Å². The average molecular weight is 388 g/mol. The summed E-state index contributed by atoms with van der Waals surface area (Å²) in [6.07, 6.45) is 0.226. The number of benzene rings is 2. The highest BCUT2D eigenvalue weighted by Gasteiger charge is 1.91. The molecule has 0 spiro atoms. The number of carboxylic acid groups (broad SMARTS) is 2. The third kappa shape index (κ3) is 12.6. The van der Waals surface area contributed by atoms with Gasteiger partial charge in [-0.3, -0.25) is 0 Å². The van der Waals surface area contributed by atoms with Crippen LogP contribution in [0.5, 0.6) is 0 Å². The lowest BCUT2D eigenvalue weighted by Gasteiger charge is -1.97. The van der Waals surface area contributed by atoms with Gasteiger partial charge in [0.05, 0.1) is 11.4 Å². The molecule has 9 nitrogen and oxygen atoms in total. The van der Waals surface area contributed by atoms with Gasteiger partial charge in [-0.1, -0.05) is 38.1 Å². The molecule has 152 valence electrons. The maximum Gasteiger partial charge on any atom is 0.503 e. The Morgan fingerprint density at radius 1 is 0.714 bits per heavy atom. The molecular formula is C19H28N6O3. The summed E-state index contributed by atoms with van der Waals surface area (Å²) in [5.41, 5.74) is 25.1. The van der Waals surface area contributed by atoms with Crippen LogP contribution < -0.4 is 22.9 Å². The van der Waals surface area contributed by atoms with Crippen LogP contribution in [0.1, 0.15) is 25.0 Å². The average Bonchev–Trinajstić information content (AvgIpc) is 2.62. The Morgan fingerprint density at radius 3 is 1.14 bits per heavy atom. The molecule has 0 atom stereocenters. The summed E-state index contributed by atoms with van der Waals surface area (Å²) in [5.74, 6) is 0.193. The second-order valence-electron chi connectivity index (χ2n) is 5.40. The van der Waals surface area contributed by atoms with Crippen molar-refractivity contribution in [3.8, 4) is 0 Å². The van der Waals surface area contributed by atoms with Crippen molar-refractivity contribution in [3.05, 3.63) is 59.7 Å². The van der Waals surface area contributed by atoms with Gasteiger partial charge in [0.15, 0.2) is 11.9 Å². The van der Waals surface area contributed by atoms with Crippen LogP contribution >= 0.6 is 0 Å². The lowest BCUT2D eigenvalue weighted by molar-refractivity contribution is 0.137. The van der Waals surface area contributed by atoms with Crippen molar-refractivity contribution < 1.29 is 15.0 Å². The zero-order valence-corrected chi connectivity index (χ0v) is 16.0. The molecule has 0 unspecified atom stereocenters. The second kappa shape index (κ2) is 13.5. The second-order valence-corrected chi connectivity index (χ2v) is 5.40. The third-order valence-corrected chi connectivity index (χ3v) is 3.21. The molecule has 0 amide bonds. The Labute approximate surface area is 164 Å². The molecule has 0 aliphatic rings. The molecule has 0 bridgehead atoms. The summed E-state index contributed by atoms with van der Waals surface area (Å²) in [5, 5.41) is 13.9. The summed E-state index contributed by atoms with van der Waals surface area (Å²) in [7, 11) is 0. The van der Waals surface area contributed by atoms with Crippen molar-refractivity contribution in [3.63, 3.8) is 0 Å². The normalized spacial score (nSPS) is 8.93. The van der Waals surface area contributed by atoms with E-state index in [-0.39, 0.29) is 11.9 Å². The Kier molecular flexibility index (Phi) is 11.7. The lowest BCUT2D eigenvalue weighted by Crippen LogP contribution is -2.21. The van der Waals surface area contributed by atoms with Crippen LogP contribution in [0, 0.1) is 0 Å². The van der Waals surface area contributed by atoms with Crippen LogP contribution in [0.3, 0.4) is 0 Å². The Morgan fingerprint density at radius 2 is 0.964 bits per heavy atom. The number of hydrogen-bond acceptors (Lipinski definition) is 3. The highest BCUT2D eigenvalue weighted by atomic mass is 16.6. The summed E-state index contributed by atoms with van der Waals surface area (Å²) < 4.78 is 0. The predicted molar refractivity (Wildman–Crippen MR) is 113 cm³/mol. The zero-order valence-electron chi connectivity index (χ0n) is 16.0. The van der Waals surface area contributed by atoms with E-state index in [1.165, 1.54) is 11.1 Å². The van der Waals surface area contributed by atoms with E-state index in [9.17, 15) is 0 Å². The zero-order chi connectivity index (χ0) is 21.5. The first-order valence-electron chi connectivity index (χ1n) is 8.46. The van der Waals surface area contributed by atoms with Crippen LogP contribution in [0.15, 0.2) is 58.5 Å². The van der Waals surface area contributed by atoms with Crippen LogP contribution in [0.2, 0.25) is 0 Å². The fourth-order valence-corrected chi connectivity index (χ4v) is 1.91.